The zero-order valence-corrected chi connectivity index (χ0v) is 19.7. The van der Waals surface area contributed by atoms with Crippen LogP contribution in [0, 0.1) is 0 Å². The Labute approximate surface area is 197 Å². The molecule has 0 spiro atoms. The molecule has 1 aromatic heterocycles. The SMILES string of the molecule is COc1ccc(CN2CCN([C@H](C(=O)O)c3c[nH]c4ccc(Cl)cc34)CC2)c(OC)c1OC. The maximum absolute atomic E-state index is 12.3. The molecule has 0 unspecified atom stereocenters. The molecule has 1 aliphatic rings. The van der Waals surface area contributed by atoms with Gasteiger partial charge in [0.2, 0.25) is 5.75 Å². The van der Waals surface area contributed by atoms with Crippen LogP contribution in [0.25, 0.3) is 10.9 Å². The molecule has 1 atom stereocenters. The van der Waals surface area contributed by atoms with E-state index in [2.05, 4.69) is 9.88 Å². The Bertz CT molecular complexity index is 1140. The minimum Gasteiger partial charge on any atom is -0.493 e. The van der Waals surface area contributed by atoms with Crippen LogP contribution in [0.2, 0.25) is 5.02 Å². The third-order valence-corrected chi connectivity index (χ3v) is 6.39. The Hall–Kier alpha value is -2.94. The van der Waals surface area contributed by atoms with Crippen LogP contribution in [0.15, 0.2) is 36.5 Å². The molecule has 0 radical (unpaired) electrons. The fourth-order valence-corrected chi connectivity index (χ4v) is 4.71. The summed E-state index contributed by atoms with van der Waals surface area (Å²) in [5.74, 6) is 0.968. The molecule has 4 rings (SSSR count). The number of hydrogen-bond donors (Lipinski definition) is 2. The minimum atomic E-state index is -0.870. The van der Waals surface area contributed by atoms with Crippen molar-refractivity contribution < 1.29 is 24.1 Å². The van der Waals surface area contributed by atoms with Crippen LogP contribution >= 0.6 is 11.6 Å². The van der Waals surface area contributed by atoms with E-state index in [9.17, 15) is 9.90 Å². The van der Waals surface area contributed by atoms with Crippen molar-refractivity contribution in [1.82, 2.24) is 14.8 Å². The number of aromatic nitrogens is 1. The van der Waals surface area contributed by atoms with Crippen molar-refractivity contribution in [3.05, 3.63) is 52.7 Å². The van der Waals surface area contributed by atoms with Gasteiger partial charge in [-0.2, -0.15) is 0 Å². The van der Waals surface area contributed by atoms with Gasteiger partial charge in [-0.15, -0.1) is 0 Å². The molecular weight excluding hydrogens is 446 g/mol. The zero-order valence-electron chi connectivity index (χ0n) is 18.9. The lowest BCUT2D eigenvalue weighted by Gasteiger charge is -2.37. The standard InChI is InChI=1S/C24H28ClN3O5/c1-31-20-7-4-15(22(32-2)23(20)33-3)14-27-8-10-28(11-9-27)21(24(29)30)18-13-26-19-6-5-16(25)12-17(18)19/h4-7,12-13,21,26H,8-11,14H2,1-3H3,(H,29,30)/t21-/m0/s1. The lowest BCUT2D eigenvalue weighted by molar-refractivity contribution is -0.144. The maximum atomic E-state index is 12.3. The molecule has 1 aliphatic heterocycles. The summed E-state index contributed by atoms with van der Waals surface area (Å²) in [6.45, 7) is 3.37. The first-order chi connectivity index (χ1) is 16.0. The summed E-state index contributed by atoms with van der Waals surface area (Å²) in [5, 5.41) is 11.5. The molecule has 1 fully saturated rings. The van der Waals surface area contributed by atoms with E-state index in [1.165, 1.54) is 0 Å². The van der Waals surface area contributed by atoms with Crippen LogP contribution in [0.3, 0.4) is 0 Å². The van der Waals surface area contributed by atoms with E-state index in [0.29, 0.717) is 41.9 Å². The second-order valence-electron chi connectivity index (χ2n) is 7.98. The van der Waals surface area contributed by atoms with E-state index in [4.69, 9.17) is 25.8 Å². The second kappa shape index (κ2) is 9.91. The summed E-state index contributed by atoms with van der Waals surface area (Å²) in [6, 6.07) is 8.58. The summed E-state index contributed by atoms with van der Waals surface area (Å²) >= 11 is 6.17. The van der Waals surface area contributed by atoms with E-state index in [1.807, 2.05) is 29.2 Å². The number of carboxylic acids is 1. The first kappa shape index (κ1) is 23.2. The first-order valence-corrected chi connectivity index (χ1v) is 11.1. The predicted octanol–water partition coefficient (Wildman–Crippen LogP) is 3.79. The highest BCUT2D eigenvalue weighted by atomic mass is 35.5. The van der Waals surface area contributed by atoms with Gasteiger partial charge in [-0.05, 0) is 24.3 Å². The van der Waals surface area contributed by atoms with Crippen molar-refractivity contribution in [2.75, 3.05) is 47.5 Å². The van der Waals surface area contributed by atoms with Gasteiger partial charge in [0, 0.05) is 66.0 Å². The van der Waals surface area contributed by atoms with Crippen molar-refractivity contribution in [2.45, 2.75) is 12.6 Å². The number of carboxylic acid groups (broad SMARTS) is 1. The Kier molecular flexibility index (Phi) is 6.97. The Morgan fingerprint density at radius 2 is 1.79 bits per heavy atom. The number of ether oxygens (including phenoxy) is 3. The molecule has 0 bridgehead atoms. The number of nitrogens with one attached hydrogen (secondary N) is 1. The van der Waals surface area contributed by atoms with E-state index < -0.39 is 12.0 Å². The minimum absolute atomic E-state index is 0.570. The van der Waals surface area contributed by atoms with Crippen LogP contribution in [-0.4, -0.2) is 73.4 Å². The zero-order chi connectivity index (χ0) is 23.5. The monoisotopic (exact) mass is 473 g/mol. The largest absolute Gasteiger partial charge is 0.493 e. The van der Waals surface area contributed by atoms with Crippen molar-refractivity contribution in [1.29, 1.82) is 0 Å². The summed E-state index contributed by atoms with van der Waals surface area (Å²) in [6.07, 6.45) is 1.78. The van der Waals surface area contributed by atoms with E-state index in [1.54, 1.807) is 33.6 Å². The molecular formula is C24H28ClN3O5. The molecule has 0 amide bonds. The molecule has 33 heavy (non-hydrogen) atoms. The fourth-order valence-electron chi connectivity index (χ4n) is 4.53. The van der Waals surface area contributed by atoms with Crippen LogP contribution in [0.4, 0.5) is 0 Å². The summed E-state index contributed by atoms with van der Waals surface area (Å²) in [4.78, 5) is 19.7. The van der Waals surface area contributed by atoms with Gasteiger partial charge in [0.05, 0.1) is 21.3 Å². The number of benzene rings is 2. The number of halogens is 1. The summed E-state index contributed by atoms with van der Waals surface area (Å²) < 4.78 is 16.5. The van der Waals surface area contributed by atoms with E-state index in [0.717, 1.165) is 35.1 Å². The van der Waals surface area contributed by atoms with E-state index >= 15 is 0 Å². The Morgan fingerprint density at radius 1 is 1.06 bits per heavy atom. The number of fused-ring (bicyclic) bond motifs is 1. The number of hydrogen-bond acceptors (Lipinski definition) is 6. The van der Waals surface area contributed by atoms with Crippen LogP contribution in [0.5, 0.6) is 17.2 Å². The average Bonchev–Trinajstić information content (AvgIpc) is 3.22. The predicted molar refractivity (Wildman–Crippen MR) is 127 cm³/mol. The highest BCUT2D eigenvalue weighted by Gasteiger charge is 2.32. The molecule has 3 aromatic rings. The number of carbonyl (C=O) groups is 1. The Morgan fingerprint density at radius 3 is 2.42 bits per heavy atom. The maximum Gasteiger partial charge on any atom is 0.325 e. The van der Waals surface area contributed by atoms with Gasteiger partial charge in [0.1, 0.15) is 6.04 Å². The number of aliphatic carboxylic acids is 1. The molecule has 0 aliphatic carbocycles. The molecule has 0 saturated carbocycles. The molecule has 9 heteroatoms. The number of H-pyrrole nitrogens is 1. The van der Waals surface area contributed by atoms with Crippen LogP contribution in [-0.2, 0) is 11.3 Å². The third kappa shape index (κ3) is 4.59. The molecule has 8 nitrogen and oxygen atoms in total. The number of rotatable bonds is 8. The second-order valence-corrected chi connectivity index (χ2v) is 8.42. The molecule has 176 valence electrons. The van der Waals surface area contributed by atoms with Crippen LogP contribution < -0.4 is 14.2 Å². The average molecular weight is 474 g/mol. The van der Waals surface area contributed by atoms with Gasteiger partial charge < -0.3 is 24.3 Å². The van der Waals surface area contributed by atoms with Crippen molar-refractivity contribution >= 4 is 28.5 Å². The third-order valence-electron chi connectivity index (χ3n) is 6.16. The molecule has 2 heterocycles. The topological polar surface area (TPSA) is 87.3 Å². The van der Waals surface area contributed by atoms with Gasteiger partial charge >= 0.3 is 5.97 Å². The quantitative estimate of drug-likeness (QED) is 0.514. The lowest BCUT2D eigenvalue weighted by Crippen LogP contribution is -2.48. The Balaban J connectivity index is 1.50. The highest BCUT2D eigenvalue weighted by molar-refractivity contribution is 6.31. The smallest absolute Gasteiger partial charge is 0.325 e. The number of nitrogens with zero attached hydrogens (tertiary/aromatic N) is 2. The molecule has 1 saturated heterocycles. The van der Waals surface area contributed by atoms with E-state index in [-0.39, 0.29) is 0 Å². The van der Waals surface area contributed by atoms with Crippen LogP contribution in [0.1, 0.15) is 17.2 Å². The van der Waals surface area contributed by atoms with Crippen molar-refractivity contribution in [3.63, 3.8) is 0 Å². The van der Waals surface area contributed by atoms with Gasteiger partial charge in [-0.1, -0.05) is 17.7 Å². The lowest BCUT2D eigenvalue weighted by atomic mass is 10.0. The van der Waals surface area contributed by atoms with Crippen molar-refractivity contribution in [2.24, 2.45) is 0 Å². The molecule has 2 aromatic carbocycles. The molecule has 2 N–H and O–H groups in total. The highest BCUT2D eigenvalue weighted by Crippen LogP contribution is 2.40. The van der Waals surface area contributed by atoms with Gasteiger partial charge in [0.15, 0.2) is 11.5 Å². The van der Waals surface area contributed by atoms with Gasteiger partial charge in [0.25, 0.3) is 0 Å². The number of piperazine rings is 1. The number of aromatic amines is 1. The van der Waals surface area contributed by atoms with Gasteiger partial charge in [-0.3, -0.25) is 14.6 Å². The fraction of sp³-hybridized carbons (Fsp3) is 0.375. The van der Waals surface area contributed by atoms with Crippen molar-refractivity contribution in [3.8, 4) is 17.2 Å². The number of methoxy groups -OCH3 is 3. The normalized spacial score (nSPS) is 16.0. The first-order valence-electron chi connectivity index (χ1n) is 10.7. The summed E-state index contributed by atoms with van der Waals surface area (Å²) in [5.41, 5.74) is 2.60. The van der Waals surface area contributed by atoms with Gasteiger partial charge in [-0.25, -0.2) is 0 Å². The summed E-state index contributed by atoms with van der Waals surface area (Å²) in [7, 11) is 4.80.